The molecule has 3 rings (SSSR count). The zero-order valence-electron chi connectivity index (χ0n) is 17.5. The highest BCUT2D eigenvalue weighted by atomic mass is 35.5. The van der Waals surface area contributed by atoms with E-state index in [0.717, 1.165) is 19.5 Å². The number of halogens is 1. The lowest BCUT2D eigenvalue weighted by molar-refractivity contribution is 0.0472. The first-order valence-electron chi connectivity index (χ1n) is 10.8. The first kappa shape index (κ1) is 23.4. The summed E-state index contributed by atoms with van der Waals surface area (Å²) in [6.45, 7) is 4.83. The number of hydrogen-bond donors (Lipinski definition) is 0. The average molecular weight is 416 g/mol. The maximum atomic E-state index is 12.1. The summed E-state index contributed by atoms with van der Waals surface area (Å²) >= 11 is 0. The summed E-state index contributed by atoms with van der Waals surface area (Å²) in [7, 11) is 0. The van der Waals surface area contributed by atoms with Crippen LogP contribution in [-0.2, 0) is 11.2 Å². The third kappa shape index (κ3) is 7.17. The number of unbranched alkanes of at least 4 members (excludes halogenated alkanes) is 1. The van der Waals surface area contributed by atoms with E-state index in [4.69, 9.17) is 4.74 Å². The minimum atomic E-state index is -0.224. The van der Waals surface area contributed by atoms with E-state index >= 15 is 0 Å². The summed E-state index contributed by atoms with van der Waals surface area (Å²) < 4.78 is 5.45. The average Bonchev–Trinajstić information content (AvgIpc) is 2.76. The molecule has 0 aliphatic carbocycles. The molecule has 1 aliphatic rings. The summed E-state index contributed by atoms with van der Waals surface area (Å²) in [6, 6.07) is 19.0. The third-order valence-corrected chi connectivity index (χ3v) is 5.63. The van der Waals surface area contributed by atoms with Crippen LogP contribution in [0.4, 0.5) is 0 Å². The highest BCUT2D eigenvalue weighted by molar-refractivity contribution is 5.89. The molecule has 0 aromatic heterocycles. The van der Waals surface area contributed by atoms with Crippen molar-refractivity contribution < 1.29 is 9.53 Å². The van der Waals surface area contributed by atoms with Crippen LogP contribution in [0.5, 0.6) is 0 Å². The molecule has 0 bridgehead atoms. The molecular weight excluding hydrogens is 382 g/mol. The number of benzene rings is 2. The number of carbonyl (C=O) groups is 1. The Morgan fingerprint density at radius 1 is 1.03 bits per heavy atom. The highest BCUT2D eigenvalue weighted by Crippen LogP contribution is 2.31. The number of piperidine rings is 1. The van der Waals surface area contributed by atoms with Gasteiger partial charge in [0, 0.05) is 12.6 Å². The second-order valence-corrected chi connectivity index (χ2v) is 7.75. The molecule has 1 heterocycles. The minimum absolute atomic E-state index is 0. The Hall–Kier alpha value is -1.84. The number of carbonyl (C=O) groups excluding carboxylic acids is 1. The fourth-order valence-corrected chi connectivity index (χ4v) is 4.01. The van der Waals surface area contributed by atoms with Crippen LogP contribution in [0.25, 0.3) is 0 Å². The number of nitrogens with zero attached hydrogens (tertiary/aromatic N) is 1. The lowest BCUT2D eigenvalue weighted by Gasteiger charge is -2.36. The lowest BCUT2D eigenvalue weighted by Crippen LogP contribution is -2.34. The molecule has 1 unspecified atom stereocenters. The van der Waals surface area contributed by atoms with Crippen LogP contribution in [0, 0.1) is 0 Å². The van der Waals surface area contributed by atoms with Crippen molar-refractivity contribution in [3.8, 4) is 0 Å². The van der Waals surface area contributed by atoms with E-state index in [1.165, 1.54) is 49.7 Å². The molecule has 0 radical (unpaired) electrons. The van der Waals surface area contributed by atoms with Crippen LogP contribution in [-0.4, -0.2) is 30.6 Å². The molecule has 158 valence electrons. The predicted octanol–water partition coefficient (Wildman–Crippen LogP) is 6.23. The smallest absolute Gasteiger partial charge is 0.338 e. The van der Waals surface area contributed by atoms with E-state index in [1.807, 2.05) is 18.2 Å². The highest BCUT2D eigenvalue weighted by Gasteiger charge is 2.23. The van der Waals surface area contributed by atoms with Crippen molar-refractivity contribution in [3.05, 3.63) is 71.3 Å². The van der Waals surface area contributed by atoms with E-state index in [1.54, 1.807) is 12.1 Å². The van der Waals surface area contributed by atoms with E-state index in [9.17, 15) is 4.79 Å². The van der Waals surface area contributed by atoms with Crippen molar-refractivity contribution in [2.24, 2.45) is 0 Å². The number of aryl methyl sites for hydroxylation is 1. The Bertz CT molecular complexity index is 717. The Morgan fingerprint density at radius 2 is 1.79 bits per heavy atom. The number of esters is 1. The van der Waals surface area contributed by atoms with Crippen LogP contribution >= 0.6 is 12.4 Å². The first-order valence-corrected chi connectivity index (χ1v) is 10.8. The molecule has 0 amide bonds. The van der Waals surface area contributed by atoms with Crippen molar-refractivity contribution in [2.45, 2.75) is 57.9 Å². The molecular formula is C25H34ClNO2. The molecule has 0 N–H and O–H groups in total. The molecule has 29 heavy (non-hydrogen) atoms. The van der Waals surface area contributed by atoms with Crippen LogP contribution < -0.4 is 0 Å². The maximum Gasteiger partial charge on any atom is 0.338 e. The topological polar surface area (TPSA) is 29.5 Å². The molecule has 1 atom stereocenters. The second kappa shape index (κ2) is 12.7. The van der Waals surface area contributed by atoms with Gasteiger partial charge in [0.2, 0.25) is 0 Å². The fraction of sp³-hybridized carbons (Fsp3) is 0.480. The first-order chi connectivity index (χ1) is 13.8. The summed E-state index contributed by atoms with van der Waals surface area (Å²) in [4.78, 5) is 14.6. The molecule has 1 fully saturated rings. The van der Waals surface area contributed by atoms with Crippen LogP contribution in [0.1, 0.15) is 73.0 Å². The van der Waals surface area contributed by atoms with Gasteiger partial charge >= 0.3 is 5.97 Å². The fourth-order valence-electron chi connectivity index (χ4n) is 4.01. The molecule has 2 aromatic carbocycles. The number of ether oxygens (including phenoxy) is 1. The van der Waals surface area contributed by atoms with Gasteiger partial charge in [-0.25, -0.2) is 4.79 Å². The van der Waals surface area contributed by atoms with Gasteiger partial charge in [-0.3, -0.25) is 4.90 Å². The van der Waals surface area contributed by atoms with Crippen LogP contribution in [0.2, 0.25) is 0 Å². The normalized spacial score (nSPS) is 16.8. The predicted molar refractivity (Wildman–Crippen MR) is 122 cm³/mol. The Labute approximate surface area is 181 Å². The molecule has 1 saturated heterocycles. The number of likely N-dealkylation sites (tertiary alicyclic amines) is 1. The molecule has 4 heteroatoms. The van der Waals surface area contributed by atoms with Crippen molar-refractivity contribution in [1.82, 2.24) is 4.90 Å². The van der Waals surface area contributed by atoms with Crippen molar-refractivity contribution in [1.29, 1.82) is 0 Å². The SMILES string of the molecule is CCCCc1ccc(C2CCCCN2CCCOC(=O)c2ccccc2)cc1.Cl. The summed E-state index contributed by atoms with van der Waals surface area (Å²) in [5, 5.41) is 0. The van der Waals surface area contributed by atoms with Crippen molar-refractivity contribution in [3.63, 3.8) is 0 Å². The summed E-state index contributed by atoms with van der Waals surface area (Å²) in [5.41, 5.74) is 3.50. The van der Waals surface area contributed by atoms with E-state index in [0.29, 0.717) is 18.2 Å². The largest absolute Gasteiger partial charge is 0.462 e. The molecule has 0 saturated carbocycles. The quantitative estimate of drug-likeness (QED) is 0.359. The number of hydrogen-bond acceptors (Lipinski definition) is 3. The zero-order chi connectivity index (χ0) is 19.6. The monoisotopic (exact) mass is 415 g/mol. The lowest BCUT2D eigenvalue weighted by atomic mass is 9.94. The van der Waals surface area contributed by atoms with Crippen molar-refractivity contribution in [2.75, 3.05) is 19.7 Å². The van der Waals surface area contributed by atoms with Gasteiger partial charge in [-0.1, -0.05) is 62.2 Å². The van der Waals surface area contributed by atoms with Gasteiger partial charge in [-0.2, -0.15) is 0 Å². The Balaban J connectivity index is 0.00000300. The van der Waals surface area contributed by atoms with E-state index in [-0.39, 0.29) is 18.4 Å². The second-order valence-electron chi connectivity index (χ2n) is 7.75. The van der Waals surface area contributed by atoms with Gasteiger partial charge in [-0.15, -0.1) is 12.4 Å². The van der Waals surface area contributed by atoms with Gasteiger partial charge in [0.1, 0.15) is 0 Å². The van der Waals surface area contributed by atoms with Crippen LogP contribution in [0.15, 0.2) is 54.6 Å². The van der Waals surface area contributed by atoms with Crippen LogP contribution in [0.3, 0.4) is 0 Å². The third-order valence-electron chi connectivity index (χ3n) is 5.63. The Kier molecular flexibility index (Phi) is 10.2. The summed E-state index contributed by atoms with van der Waals surface area (Å²) in [6.07, 6.45) is 8.33. The Morgan fingerprint density at radius 3 is 2.52 bits per heavy atom. The molecule has 3 nitrogen and oxygen atoms in total. The minimum Gasteiger partial charge on any atom is -0.462 e. The molecule has 2 aromatic rings. The summed E-state index contributed by atoms with van der Waals surface area (Å²) in [5.74, 6) is -0.224. The van der Waals surface area contributed by atoms with Crippen molar-refractivity contribution >= 4 is 18.4 Å². The van der Waals surface area contributed by atoms with E-state index in [2.05, 4.69) is 36.1 Å². The van der Waals surface area contributed by atoms with E-state index < -0.39 is 0 Å². The standard InChI is InChI=1S/C25H33NO2.ClH/c1-2-3-10-21-14-16-22(17-15-21)24-13-7-8-18-26(24)19-9-20-28-25(27)23-11-5-4-6-12-23;/h4-6,11-12,14-17,24H,2-3,7-10,13,18-20H2,1H3;1H. The molecule has 1 aliphatic heterocycles. The maximum absolute atomic E-state index is 12.1. The zero-order valence-corrected chi connectivity index (χ0v) is 18.3. The number of rotatable bonds is 9. The molecule has 0 spiro atoms. The van der Waals surface area contributed by atoms with Gasteiger partial charge < -0.3 is 4.74 Å². The van der Waals surface area contributed by atoms with Gasteiger partial charge in [-0.05, 0) is 61.9 Å². The van der Waals surface area contributed by atoms with Gasteiger partial charge in [0.05, 0.1) is 12.2 Å². The van der Waals surface area contributed by atoms with Gasteiger partial charge in [0.25, 0.3) is 0 Å². The van der Waals surface area contributed by atoms with Gasteiger partial charge in [0.15, 0.2) is 0 Å².